The zero-order chi connectivity index (χ0) is 19.7. The van der Waals surface area contributed by atoms with Crippen LogP contribution in [0.25, 0.3) is 0 Å². The molecular weight excluding hydrogens is 358 g/mol. The van der Waals surface area contributed by atoms with E-state index in [2.05, 4.69) is 29.8 Å². The summed E-state index contributed by atoms with van der Waals surface area (Å²) in [6, 6.07) is 1.37. The fraction of sp³-hybridized carbons (Fsp3) is 0.900. The van der Waals surface area contributed by atoms with Gasteiger partial charge in [0.2, 0.25) is 0 Å². The fourth-order valence-electron chi connectivity index (χ4n) is 5.33. The summed E-state index contributed by atoms with van der Waals surface area (Å²) in [7, 11) is -0.963. The zero-order valence-electron chi connectivity index (χ0n) is 17.4. The van der Waals surface area contributed by atoms with Crippen LogP contribution in [-0.4, -0.2) is 46.4 Å². The third-order valence-corrected chi connectivity index (χ3v) is 14.2. The smallest absolute Gasteiger partial charge is 0.407 e. The van der Waals surface area contributed by atoms with Crippen LogP contribution in [0.4, 0.5) is 9.59 Å². The summed E-state index contributed by atoms with van der Waals surface area (Å²) in [4.78, 5) is 23.0. The molecule has 7 heteroatoms. The topological polar surface area (TPSA) is 79.5 Å². The number of hydrogen-bond acceptors (Lipinski definition) is 3. The Labute approximate surface area is 165 Å². The maximum Gasteiger partial charge on any atom is 0.407 e. The minimum Gasteiger partial charge on any atom is -0.450 e. The molecule has 2 aliphatic heterocycles. The van der Waals surface area contributed by atoms with Gasteiger partial charge in [-0.15, -0.1) is 0 Å². The molecule has 0 aliphatic carbocycles. The summed E-state index contributed by atoms with van der Waals surface area (Å²) in [6.45, 7) is 9.30. The second-order valence-electron chi connectivity index (χ2n) is 8.43. The van der Waals surface area contributed by atoms with Gasteiger partial charge in [-0.1, -0.05) is 45.6 Å². The minimum absolute atomic E-state index is 0.0296. The Morgan fingerprint density at radius 1 is 0.889 bits per heavy atom. The average Bonchev–Trinajstić information content (AvgIpc) is 2.63. The maximum absolute atomic E-state index is 11.9. The van der Waals surface area contributed by atoms with Crippen LogP contribution >= 0.6 is 0 Å². The summed E-state index contributed by atoms with van der Waals surface area (Å²) in [5.74, 6) is 0. The Hall–Kier alpha value is -1.24. The first kappa shape index (κ1) is 22.1. The summed E-state index contributed by atoms with van der Waals surface area (Å²) in [6.07, 6.45) is 7.77. The zero-order valence-corrected chi connectivity index (χ0v) is 18.4. The molecule has 0 bridgehead atoms. The highest BCUT2D eigenvalue weighted by Gasteiger charge is 2.63. The highest BCUT2D eigenvalue weighted by molar-refractivity contribution is 6.89. The van der Waals surface area contributed by atoms with Crippen LogP contribution in [0.3, 0.4) is 0 Å². The fourth-order valence-corrected chi connectivity index (χ4v) is 12.2. The third kappa shape index (κ3) is 5.86. The van der Waals surface area contributed by atoms with Gasteiger partial charge in [-0.3, -0.25) is 0 Å². The monoisotopic (exact) mass is 397 g/mol. The number of hydrogen-bond donors (Lipinski definition) is 3. The van der Waals surface area contributed by atoms with Crippen molar-refractivity contribution in [1.82, 2.24) is 16.0 Å². The van der Waals surface area contributed by atoms with Crippen LogP contribution in [0, 0.1) is 0 Å². The first-order chi connectivity index (χ1) is 13.0. The Kier molecular flexibility index (Phi) is 8.92. The van der Waals surface area contributed by atoms with Gasteiger partial charge in [0.05, 0.1) is 14.7 Å². The van der Waals surface area contributed by atoms with E-state index in [4.69, 9.17) is 4.74 Å². The predicted octanol–water partition coefficient (Wildman–Crippen LogP) is 4.39. The van der Waals surface area contributed by atoms with Crippen molar-refractivity contribution in [3.63, 3.8) is 0 Å². The number of carbonyl (C=O) groups is 2. The largest absolute Gasteiger partial charge is 0.450 e. The van der Waals surface area contributed by atoms with Crippen molar-refractivity contribution in [1.29, 1.82) is 0 Å². The molecule has 0 saturated carbocycles. The third-order valence-electron chi connectivity index (χ3n) is 6.88. The molecule has 2 rings (SSSR count). The summed E-state index contributed by atoms with van der Waals surface area (Å²) < 4.78 is 4.80. The lowest BCUT2D eigenvalue weighted by Crippen LogP contribution is -2.63. The van der Waals surface area contributed by atoms with Crippen molar-refractivity contribution in [2.75, 3.05) is 26.2 Å². The van der Waals surface area contributed by atoms with Gasteiger partial charge >= 0.3 is 12.1 Å². The lowest BCUT2D eigenvalue weighted by atomic mass is 10.1. The van der Waals surface area contributed by atoms with Crippen molar-refractivity contribution in [2.24, 2.45) is 0 Å². The second-order valence-corrected chi connectivity index (χ2v) is 13.9. The number of urea groups is 1. The molecule has 2 saturated heterocycles. The van der Waals surface area contributed by atoms with Gasteiger partial charge in [-0.2, -0.15) is 0 Å². The Balaban J connectivity index is 1.38. The van der Waals surface area contributed by atoms with Gasteiger partial charge in [-0.25, -0.2) is 9.59 Å². The van der Waals surface area contributed by atoms with Crippen LogP contribution in [-0.2, 0) is 4.74 Å². The molecule has 0 radical (unpaired) electrons. The van der Waals surface area contributed by atoms with E-state index in [1.807, 2.05) is 0 Å². The number of unbranched alkanes of at least 4 members (excludes halogenated alkanes) is 3. The van der Waals surface area contributed by atoms with Gasteiger partial charge in [-0.05, 0) is 42.8 Å². The van der Waals surface area contributed by atoms with Crippen LogP contribution in [0.5, 0.6) is 0 Å². The molecule has 0 aromatic carbocycles. The van der Waals surface area contributed by atoms with E-state index < -0.39 is 8.07 Å². The number of carbonyl (C=O) groups excluding carboxylic acids is 2. The Bertz CT molecular complexity index is 468. The number of nitrogens with one attached hydrogen (secondary N) is 3. The molecular formula is C20H39N3O3Si. The minimum atomic E-state index is -0.963. The first-order valence-corrected chi connectivity index (χ1v) is 13.4. The SMILES string of the molecule is CCOC(=O)NCCCCCCNC(=O)NCCC[Si]12C(C)CC1CC2C. The molecule has 27 heavy (non-hydrogen) atoms. The van der Waals surface area contributed by atoms with E-state index in [9.17, 15) is 9.59 Å². The average molecular weight is 398 g/mol. The van der Waals surface area contributed by atoms with Crippen molar-refractivity contribution in [2.45, 2.75) is 88.4 Å². The quantitative estimate of drug-likeness (QED) is 0.337. The van der Waals surface area contributed by atoms with Crippen LogP contribution in [0.2, 0.25) is 22.7 Å². The lowest BCUT2D eigenvalue weighted by Gasteiger charge is -2.66. The van der Waals surface area contributed by atoms with E-state index in [0.717, 1.165) is 55.3 Å². The number of rotatable bonds is 12. The van der Waals surface area contributed by atoms with Crippen molar-refractivity contribution in [3.8, 4) is 0 Å². The van der Waals surface area contributed by atoms with Gasteiger partial charge < -0.3 is 20.7 Å². The predicted molar refractivity (Wildman–Crippen MR) is 112 cm³/mol. The number of alkyl carbamates (subject to hydrolysis) is 1. The molecule has 3 amide bonds. The molecule has 3 N–H and O–H groups in total. The van der Waals surface area contributed by atoms with Gasteiger partial charge in [0, 0.05) is 19.6 Å². The summed E-state index contributed by atoms with van der Waals surface area (Å²) >= 11 is 0. The summed E-state index contributed by atoms with van der Waals surface area (Å²) in [5.41, 5.74) is 3.11. The van der Waals surface area contributed by atoms with E-state index in [0.29, 0.717) is 19.7 Å². The highest BCUT2D eigenvalue weighted by atomic mass is 28.3. The van der Waals surface area contributed by atoms with Crippen LogP contribution < -0.4 is 16.0 Å². The Morgan fingerprint density at radius 3 is 1.96 bits per heavy atom. The van der Waals surface area contributed by atoms with E-state index in [1.54, 1.807) is 6.92 Å². The van der Waals surface area contributed by atoms with Crippen molar-refractivity contribution in [3.05, 3.63) is 0 Å². The maximum atomic E-state index is 11.9. The van der Waals surface area contributed by atoms with Crippen molar-refractivity contribution >= 4 is 20.2 Å². The van der Waals surface area contributed by atoms with Gasteiger partial charge in [0.15, 0.2) is 0 Å². The molecule has 2 aliphatic rings. The first-order valence-electron chi connectivity index (χ1n) is 10.9. The van der Waals surface area contributed by atoms with Crippen molar-refractivity contribution < 1.29 is 14.3 Å². The van der Waals surface area contributed by atoms with E-state index in [-0.39, 0.29) is 12.1 Å². The molecule has 2 heterocycles. The van der Waals surface area contributed by atoms with Gasteiger partial charge in [0.1, 0.15) is 0 Å². The molecule has 2 atom stereocenters. The standard InChI is InChI=1S/C20H39N3O3Si/c1-4-26-20(25)23-11-8-6-5-7-10-21-19(24)22-12-9-13-27-16(2)14-18(27)15-17(27)3/h16-18H,4-15H2,1-3H3,(H,23,25)(H2,21,22,24). The lowest BCUT2D eigenvalue weighted by molar-refractivity contribution is 0.152. The van der Waals surface area contributed by atoms with E-state index in [1.165, 1.54) is 18.9 Å². The molecule has 2 unspecified atom stereocenters. The molecule has 0 spiro atoms. The molecule has 0 aromatic rings. The summed E-state index contributed by atoms with van der Waals surface area (Å²) in [5, 5.41) is 8.68. The molecule has 156 valence electrons. The number of amides is 3. The molecule has 0 aromatic heterocycles. The number of ether oxygens (including phenoxy) is 1. The van der Waals surface area contributed by atoms with Gasteiger partial charge in [0.25, 0.3) is 0 Å². The molecule has 2 fully saturated rings. The van der Waals surface area contributed by atoms with E-state index >= 15 is 0 Å². The Morgan fingerprint density at radius 2 is 1.44 bits per heavy atom. The second kappa shape index (κ2) is 10.9. The molecule has 6 nitrogen and oxygen atoms in total. The number of fused-ring (bicyclic) bond motifs is 1. The van der Waals surface area contributed by atoms with Crippen LogP contribution in [0.1, 0.15) is 65.7 Å². The highest BCUT2D eigenvalue weighted by Crippen LogP contribution is 2.70. The van der Waals surface area contributed by atoms with Crippen LogP contribution in [0.15, 0.2) is 0 Å². The normalized spacial score (nSPS) is 28.3.